The summed E-state index contributed by atoms with van der Waals surface area (Å²) in [5.41, 5.74) is 17.3. The van der Waals surface area contributed by atoms with Crippen LogP contribution in [0.15, 0.2) is 66.7 Å². The van der Waals surface area contributed by atoms with Crippen molar-refractivity contribution in [3.8, 4) is 40.0 Å². The Morgan fingerprint density at radius 3 is 2.33 bits per heavy atom. The van der Waals surface area contributed by atoms with Crippen molar-refractivity contribution in [2.24, 2.45) is 11.5 Å². The highest BCUT2D eigenvalue weighted by atomic mass is 16.5. The Kier molecular flexibility index (Phi) is 15.3. The van der Waals surface area contributed by atoms with E-state index < -0.39 is 53.7 Å². The fourth-order valence-electron chi connectivity index (χ4n) is 7.54. The molecule has 0 saturated heterocycles. The number of aromatic hydroxyl groups is 1. The molecule has 5 rings (SSSR count). The highest BCUT2D eigenvalue weighted by molar-refractivity contribution is 6.01. The molecule has 0 radical (unpaired) electrons. The van der Waals surface area contributed by atoms with Crippen molar-refractivity contribution >= 4 is 29.5 Å². The van der Waals surface area contributed by atoms with Gasteiger partial charge in [-0.25, -0.2) is 0 Å². The topological polar surface area (TPSA) is 255 Å². The lowest BCUT2D eigenvalue weighted by atomic mass is 9.86. The third-order valence-corrected chi connectivity index (χ3v) is 10.9. The van der Waals surface area contributed by atoms with Crippen LogP contribution >= 0.6 is 0 Å². The molecule has 1 aliphatic rings. The fraction of sp³-hybridized carbons (Fsp3) is 0.383. The van der Waals surface area contributed by atoms with Gasteiger partial charge in [-0.15, -0.1) is 0 Å². The smallest absolute Gasteiger partial charge is 0.254 e. The number of pyridine rings is 1. The molecule has 3 aromatic carbocycles. The number of phenols is 1. The van der Waals surface area contributed by atoms with Crippen LogP contribution in [0.5, 0.6) is 11.5 Å². The van der Waals surface area contributed by atoms with E-state index in [1.807, 2.05) is 24.3 Å². The van der Waals surface area contributed by atoms with Gasteiger partial charge in [-0.3, -0.25) is 29.0 Å². The van der Waals surface area contributed by atoms with Crippen LogP contribution < -0.4 is 37.5 Å². The molecule has 5 amide bonds. The third-order valence-electron chi connectivity index (χ3n) is 10.9. The van der Waals surface area contributed by atoms with Gasteiger partial charge in [-0.1, -0.05) is 57.2 Å². The van der Waals surface area contributed by atoms with Gasteiger partial charge in [0.05, 0.1) is 23.0 Å². The maximum Gasteiger partial charge on any atom is 0.254 e. The van der Waals surface area contributed by atoms with E-state index in [0.717, 1.165) is 5.56 Å². The van der Waals surface area contributed by atoms with Gasteiger partial charge in [-0.05, 0) is 91.7 Å². The summed E-state index contributed by atoms with van der Waals surface area (Å²) < 4.78 is 5.98. The first-order valence-electron chi connectivity index (χ1n) is 20.8. The number of nitrogens with one attached hydrogen (secondary N) is 4. The molecule has 1 aromatic heterocycles. The first-order valence-corrected chi connectivity index (χ1v) is 20.8. The van der Waals surface area contributed by atoms with E-state index >= 15 is 0 Å². The number of hydrogen-bond acceptors (Lipinski definition) is 11. The summed E-state index contributed by atoms with van der Waals surface area (Å²) in [4.78, 5) is 75.9. The molecule has 1 aliphatic heterocycles. The lowest BCUT2D eigenvalue weighted by molar-refractivity contribution is -0.141. The molecular formula is C47H57N9O7. The lowest BCUT2D eigenvalue weighted by Gasteiger charge is -2.32. The number of likely N-dealkylation sites (N-methyl/N-ethyl adjacent to an activating group) is 1. The monoisotopic (exact) mass is 859 g/mol. The van der Waals surface area contributed by atoms with E-state index in [2.05, 4.69) is 54.2 Å². The first kappa shape index (κ1) is 47.2. The number of rotatable bonds is 12. The van der Waals surface area contributed by atoms with Gasteiger partial charge >= 0.3 is 0 Å². The van der Waals surface area contributed by atoms with Gasteiger partial charge in [0, 0.05) is 36.7 Å². The van der Waals surface area contributed by atoms with Crippen LogP contribution in [0, 0.1) is 25.2 Å². The van der Waals surface area contributed by atoms with Gasteiger partial charge in [0.15, 0.2) is 0 Å². The highest BCUT2D eigenvalue weighted by Gasteiger charge is 2.36. The zero-order valence-corrected chi connectivity index (χ0v) is 36.8. The largest absolute Gasteiger partial charge is 0.507 e. The summed E-state index contributed by atoms with van der Waals surface area (Å²) in [6.07, 6.45) is -0.0206. The molecular weight excluding hydrogens is 803 g/mol. The molecule has 4 bridgehead atoms. The Balaban J connectivity index is 1.53. The summed E-state index contributed by atoms with van der Waals surface area (Å²) in [5.74, 6) is -3.19. The van der Waals surface area contributed by atoms with Gasteiger partial charge < -0.3 is 47.5 Å². The van der Waals surface area contributed by atoms with E-state index in [1.165, 1.54) is 30.5 Å². The van der Waals surface area contributed by atoms with Crippen LogP contribution in [0.4, 0.5) is 0 Å². The number of nitrogens with two attached hydrogens (primary N) is 2. The predicted octanol–water partition coefficient (Wildman–Crippen LogP) is 3.21. The Morgan fingerprint density at radius 1 is 0.984 bits per heavy atom. The molecule has 4 atom stereocenters. The molecule has 16 nitrogen and oxygen atoms in total. The van der Waals surface area contributed by atoms with Gasteiger partial charge in [-0.2, -0.15) is 5.26 Å². The van der Waals surface area contributed by atoms with Crippen molar-refractivity contribution in [3.63, 3.8) is 0 Å². The van der Waals surface area contributed by atoms with Crippen LogP contribution in [0.25, 0.3) is 22.4 Å². The molecule has 0 saturated carbocycles. The minimum atomic E-state index is -1.41. The number of benzene rings is 3. The number of aromatic nitrogens is 1. The van der Waals surface area contributed by atoms with Crippen LogP contribution in [0.2, 0.25) is 0 Å². The van der Waals surface area contributed by atoms with Gasteiger partial charge in [0.2, 0.25) is 23.6 Å². The van der Waals surface area contributed by atoms with Crippen molar-refractivity contribution in [3.05, 3.63) is 100 Å². The molecule has 0 fully saturated rings. The zero-order valence-electron chi connectivity index (χ0n) is 36.8. The summed E-state index contributed by atoms with van der Waals surface area (Å²) in [6, 6.07) is 16.2. The van der Waals surface area contributed by atoms with Crippen LogP contribution in [-0.4, -0.2) is 95.9 Å². The SMILES string of the molecule is Cc1cc(-c2ccc(C(C)(C)C)cc2)nc(C)c1C(=O)N[C@@H](CCN)C(=O)N(C)[C@@H]1C(=O)N[C@@H](C)C(=O)N[C@H](C(=O)NCC#N)Cc2ccc(O)c(c2)-c2cc1ccc2OCCN. The minimum Gasteiger partial charge on any atom is -0.507 e. The van der Waals surface area contributed by atoms with Crippen molar-refractivity contribution in [2.45, 2.75) is 84.0 Å². The van der Waals surface area contributed by atoms with E-state index in [-0.39, 0.29) is 66.9 Å². The molecule has 16 heteroatoms. The van der Waals surface area contributed by atoms with Crippen molar-refractivity contribution in [2.75, 3.05) is 33.3 Å². The molecule has 63 heavy (non-hydrogen) atoms. The number of nitriles is 1. The van der Waals surface area contributed by atoms with Gasteiger partial charge in [0.1, 0.15) is 48.8 Å². The predicted molar refractivity (Wildman–Crippen MR) is 238 cm³/mol. The summed E-state index contributed by atoms with van der Waals surface area (Å²) in [6.45, 7) is 11.4. The average Bonchev–Trinajstić information content (AvgIpc) is 3.24. The quantitative estimate of drug-likeness (QED) is 0.102. The lowest BCUT2D eigenvalue weighted by Crippen LogP contribution is -2.56. The number of fused-ring (bicyclic) bond motifs is 5. The number of nitrogens with zero attached hydrogens (tertiary/aromatic N) is 3. The molecule has 4 aromatic rings. The first-order chi connectivity index (χ1) is 29.9. The second kappa shape index (κ2) is 20.4. The van der Waals surface area contributed by atoms with E-state index in [0.29, 0.717) is 33.8 Å². The number of carbonyl (C=O) groups excluding carboxylic acids is 5. The van der Waals surface area contributed by atoms with Crippen LogP contribution in [0.3, 0.4) is 0 Å². The summed E-state index contributed by atoms with van der Waals surface area (Å²) >= 11 is 0. The number of amides is 5. The second-order valence-corrected chi connectivity index (χ2v) is 16.7. The third kappa shape index (κ3) is 11.2. The van der Waals surface area contributed by atoms with E-state index in [4.69, 9.17) is 26.5 Å². The molecule has 9 N–H and O–H groups in total. The summed E-state index contributed by atoms with van der Waals surface area (Å²) in [5, 5.41) is 31.0. The highest BCUT2D eigenvalue weighted by Crippen LogP contribution is 2.39. The number of phenolic OH excluding ortho intramolecular Hbond substituents is 1. The fourth-order valence-corrected chi connectivity index (χ4v) is 7.54. The molecule has 0 aliphatic carbocycles. The second-order valence-electron chi connectivity index (χ2n) is 16.7. The standard InChI is InChI=1S/C47H57N9O7/c1-26-22-36(30-9-12-32(13-10-30)47(4,5)6)52-27(2)40(26)44(60)54-35(16-17-48)46(62)56(7)41-31-11-15-39(63-21-19-50)34(25-31)33-23-29(8-14-38(33)57)24-37(43(59)51-20-18-49)55-42(58)28(3)53-45(41)61/h8-15,22-23,25,28,35,37,41,57H,16-17,19-21,24,48,50H2,1-7H3,(H,51,59)(H,53,61)(H,54,60)(H,55,58)/t28-,35-,37-,41-/m0/s1. The number of hydrogen-bond donors (Lipinski definition) is 7. The Hall–Kier alpha value is -6.83. The number of carbonyl (C=O) groups is 5. The van der Waals surface area contributed by atoms with Crippen LogP contribution in [0.1, 0.15) is 78.5 Å². The number of aryl methyl sites for hydroxylation is 2. The number of ether oxygens (including phenoxy) is 1. The van der Waals surface area contributed by atoms with Crippen molar-refractivity contribution < 1.29 is 33.8 Å². The zero-order chi connectivity index (χ0) is 46.2. The van der Waals surface area contributed by atoms with Gasteiger partial charge in [0.25, 0.3) is 5.91 Å². The average molecular weight is 860 g/mol. The molecule has 2 heterocycles. The molecule has 332 valence electrons. The summed E-state index contributed by atoms with van der Waals surface area (Å²) in [7, 11) is 1.40. The Bertz CT molecular complexity index is 2380. The normalized spacial score (nSPS) is 16.9. The van der Waals surface area contributed by atoms with Crippen molar-refractivity contribution in [1.82, 2.24) is 31.2 Å². The van der Waals surface area contributed by atoms with Crippen LogP contribution in [-0.2, 0) is 31.0 Å². The minimum absolute atomic E-state index is 0.00830. The molecule has 0 unspecified atom stereocenters. The molecule has 0 spiro atoms. The van der Waals surface area contributed by atoms with E-state index in [9.17, 15) is 29.1 Å². The Labute approximate surface area is 367 Å². The maximum atomic E-state index is 14.6. The van der Waals surface area contributed by atoms with E-state index in [1.54, 1.807) is 44.2 Å². The maximum absolute atomic E-state index is 14.6. The Morgan fingerprint density at radius 2 is 1.70 bits per heavy atom. The van der Waals surface area contributed by atoms with Crippen molar-refractivity contribution in [1.29, 1.82) is 5.26 Å².